The van der Waals surface area contributed by atoms with Crippen LogP contribution in [0.2, 0.25) is 0 Å². The fourth-order valence-electron chi connectivity index (χ4n) is 1.23. The summed E-state index contributed by atoms with van der Waals surface area (Å²) in [6.45, 7) is 1.09. The van der Waals surface area contributed by atoms with E-state index in [1.54, 1.807) is 0 Å². The minimum atomic E-state index is -0.880. The van der Waals surface area contributed by atoms with Gasteiger partial charge in [0.15, 0.2) is 10.9 Å². The Kier molecular flexibility index (Phi) is 3.62. The smallest absolute Gasteiger partial charge is 0.230 e. The van der Waals surface area contributed by atoms with Gasteiger partial charge >= 0.3 is 0 Å². The molecule has 0 radical (unpaired) electrons. The van der Waals surface area contributed by atoms with Crippen molar-refractivity contribution in [1.82, 2.24) is 4.90 Å². The molecule has 0 spiro atoms. The van der Waals surface area contributed by atoms with Crippen LogP contribution in [0.3, 0.4) is 0 Å². The van der Waals surface area contributed by atoms with Crippen molar-refractivity contribution in [3.05, 3.63) is 0 Å². The molecular weight excluding hydrogens is 218 g/mol. The Bertz CT molecular complexity index is 323. The second-order valence-electron chi connectivity index (χ2n) is 3.40. The topological polar surface area (TPSA) is 71.5 Å². The van der Waals surface area contributed by atoms with Crippen molar-refractivity contribution in [2.75, 3.05) is 6.54 Å². The summed E-state index contributed by atoms with van der Waals surface area (Å²) in [6.07, 6.45) is 0.296. The van der Waals surface area contributed by atoms with Gasteiger partial charge in [0.25, 0.3) is 0 Å². The molecule has 1 aliphatic heterocycles. The number of carbonyl (C=O) groups excluding carboxylic acids is 4. The summed E-state index contributed by atoms with van der Waals surface area (Å²) in [5, 5.41) is -0.556. The highest BCUT2D eigenvalue weighted by atomic mass is 32.1. The number of imide groups is 1. The Balaban J connectivity index is 2.62. The van der Waals surface area contributed by atoms with Crippen molar-refractivity contribution in [2.24, 2.45) is 5.92 Å². The number of likely N-dealkylation sites (tertiary alicyclic amines) is 1. The third-order valence-corrected chi connectivity index (χ3v) is 2.71. The Morgan fingerprint density at radius 1 is 1.33 bits per heavy atom. The zero-order valence-electron chi connectivity index (χ0n) is 8.23. The maximum atomic E-state index is 11.4. The van der Waals surface area contributed by atoms with Crippen molar-refractivity contribution in [3.8, 4) is 0 Å². The van der Waals surface area contributed by atoms with E-state index in [1.165, 1.54) is 6.92 Å². The van der Waals surface area contributed by atoms with E-state index in [9.17, 15) is 19.2 Å². The summed E-state index contributed by atoms with van der Waals surface area (Å²) in [7, 11) is 0. The van der Waals surface area contributed by atoms with Gasteiger partial charge in [0.1, 0.15) is 0 Å². The van der Waals surface area contributed by atoms with Gasteiger partial charge < -0.3 is 0 Å². The van der Waals surface area contributed by atoms with Crippen molar-refractivity contribution < 1.29 is 19.2 Å². The van der Waals surface area contributed by atoms with Crippen molar-refractivity contribution in [1.29, 1.82) is 0 Å². The number of thiol groups is 1. The van der Waals surface area contributed by atoms with E-state index in [1.807, 2.05) is 0 Å². The number of amides is 2. The molecule has 1 heterocycles. The SMILES string of the molecule is CC(C(=O)S)C(=O)CN1C(=O)CCC1=O. The summed E-state index contributed by atoms with van der Waals surface area (Å²) in [5.41, 5.74) is 0. The minimum absolute atomic E-state index is 0.148. The number of Topliss-reactive ketones (excluding diaryl/α,β-unsaturated/α-hetero) is 1. The third kappa shape index (κ3) is 2.65. The molecule has 1 fully saturated rings. The van der Waals surface area contributed by atoms with E-state index in [2.05, 4.69) is 12.6 Å². The lowest BCUT2D eigenvalue weighted by Gasteiger charge is -2.14. The molecule has 0 aliphatic carbocycles. The van der Waals surface area contributed by atoms with Gasteiger partial charge in [0.2, 0.25) is 11.8 Å². The molecule has 0 aromatic rings. The summed E-state index contributed by atoms with van der Waals surface area (Å²) < 4.78 is 0. The third-order valence-electron chi connectivity index (χ3n) is 2.32. The zero-order valence-corrected chi connectivity index (χ0v) is 9.12. The maximum Gasteiger partial charge on any atom is 0.230 e. The molecule has 1 saturated heterocycles. The molecule has 82 valence electrons. The van der Waals surface area contributed by atoms with Crippen molar-refractivity contribution in [3.63, 3.8) is 0 Å². The molecule has 0 bridgehead atoms. The molecule has 1 aliphatic rings. The summed E-state index contributed by atoms with van der Waals surface area (Å²) in [6, 6.07) is 0. The predicted octanol–water partition coefficient (Wildman–Crippen LogP) is -0.203. The number of rotatable bonds is 4. The first-order valence-electron chi connectivity index (χ1n) is 4.52. The van der Waals surface area contributed by atoms with Crippen LogP contribution in [0, 0.1) is 5.92 Å². The monoisotopic (exact) mass is 229 g/mol. The number of nitrogens with zero attached hydrogens (tertiary/aromatic N) is 1. The van der Waals surface area contributed by atoms with Crippen LogP contribution >= 0.6 is 12.6 Å². The van der Waals surface area contributed by atoms with Gasteiger partial charge in [-0.1, -0.05) is 0 Å². The molecule has 0 aromatic carbocycles. The highest BCUT2D eigenvalue weighted by molar-refractivity contribution is 7.96. The highest BCUT2D eigenvalue weighted by Crippen LogP contribution is 2.13. The van der Waals surface area contributed by atoms with Crippen LogP contribution < -0.4 is 0 Å². The Labute approximate surface area is 92.2 Å². The lowest BCUT2D eigenvalue weighted by atomic mass is 10.1. The molecule has 0 saturated carbocycles. The van der Waals surface area contributed by atoms with Gasteiger partial charge in [-0.3, -0.25) is 24.1 Å². The fourth-order valence-corrected chi connectivity index (χ4v) is 1.37. The standard InChI is InChI=1S/C9H11NO4S/c1-5(9(14)15)6(11)4-10-7(12)2-3-8(10)13/h5H,2-4H2,1H3,(H,14,15). The van der Waals surface area contributed by atoms with E-state index in [0.717, 1.165) is 4.90 Å². The lowest BCUT2D eigenvalue weighted by molar-refractivity contribution is -0.143. The van der Waals surface area contributed by atoms with Crippen LogP contribution in [0.4, 0.5) is 0 Å². The van der Waals surface area contributed by atoms with Gasteiger partial charge in [-0.05, 0) is 6.92 Å². The normalized spacial score (nSPS) is 18.1. The molecule has 0 N–H and O–H groups in total. The Morgan fingerprint density at radius 2 is 1.80 bits per heavy atom. The molecule has 0 aromatic heterocycles. The molecule has 1 atom stereocenters. The minimum Gasteiger partial charge on any atom is -0.297 e. The van der Waals surface area contributed by atoms with E-state index >= 15 is 0 Å². The number of carbonyl (C=O) groups is 4. The van der Waals surface area contributed by atoms with E-state index in [0.29, 0.717) is 0 Å². The van der Waals surface area contributed by atoms with Crippen molar-refractivity contribution >= 4 is 35.3 Å². The average molecular weight is 229 g/mol. The van der Waals surface area contributed by atoms with Gasteiger partial charge in [0, 0.05) is 12.8 Å². The summed E-state index contributed by atoms with van der Waals surface area (Å²) in [4.78, 5) is 45.4. The lowest BCUT2D eigenvalue weighted by Crippen LogP contribution is -2.37. The molecule has 15 heavy (non-hydrogen) atoms. The number of hydrogen-bond acceptors (Lipinski definition) is 4. The Hall–Kier alpha value is -1.17. The average Bonchev–Trinajstić information content (AvgIpc) is 2.47. The quantitative estimate of drug-likeness (QED) is 0.411. The highest BCUT2D eigenvalue weighted by Gasteiger charge is 2.32. The predicted molar refractivity (Wildman–Crippen MR) is 54.1 cm³/mol. The van der Waals surface area contributed by atoms with E-state index in [4.69, 9.17) is 0 Å². The zero-order chi connectivity index (χ0) is 11.6. The first kappa shape index (κ1) is 11.9. The fraction of sp³-hybridized carbons (Fsp3) is 0.556. The number of hydrogen-bond donors (Lipinski definition) is 1. The summed E-state index contributed by atoms with van der Waals surface area (Å²) >= 11 is 3.53. The first-order valence-corrected chi connectivity index (χ1v) is 4.97. The molecule has 6 heteroatoms. The number of ketones is 1. The second kappa shape index (κ2) is 4.57. The van der Waals surface area contributed by atoms with Gasteiger partial charge in [-0.15, -0.1) is 12.6 Å². The molecule has 1 unspecified atom stereocenters. The van der Waals surface area contributed by atoms with Crippen LogP contribution in [0.1, 0.15) is 19.8 Å². The van der Waals surface area contributed by atoms with Gasteiger partial charge in [-0.2, -0.15) is 0 Å². The molecule has 2 amide bonds. The van der Waals surface area contributed by atoms with E-state index in [-0.39, 0.29) is 31.2 Å². The van der Waals surface area contributed by atoms with Gasteiger partial charge in [-0.25, -0.2) is 0 Å². The van der Waals surface area contributed by atoms with Crippen LogP contribution in [0.5, 0.6) is 0 Å². The van der Waals surface area contributed by atoms with Crippen molar-refractivity contribution in [2.45, 2.75) is 19.8 Å². The second-order valence-corrected chi connectivity index (χ2v) is 3.84. The summed E-state index contributed by atoms with van der Waals surface area (Å²) in [5.74, 6) is -2.05. The van der Waals surface area contributed by atoms with Gasteiger partial charge in [0.05, 0.1) is 12.5 Å². The largest absolute Gasteiger partial charge is 0.297 e. The van der Waals surface area contributed by atoms with Crippen LogP contribution in [0.25, 0.3) is 0 Å². The maximum absolute atomic E-state index is 11.4. The van der Waals surface area contributed by atoms with E-state index < -0.39 is 16.8 Å². The molecule has 1 rings (SSSR count). The molecule has 5 nitrogen and oxygen atoms in total. The first-order chi connectivity index (χ1) is 6.93. The van der Waals surface area contributed by atoms with Crippen LogP contribution in [-0.4, -0.2) is 34.2 Å². The molecular formula is C9H11NO4S. The van der Waals surface area contributed by atoms with Crippen LogP contribution in [-0.2, 0) is 19.2 Å². The Morgan fingerprint density at radius 3 is 2.20 bits per heavy atom. The van der Waals surface area contributed by atoms with Crippen LogP contribution in [0.15, 0.2) is 0 Å².